The van der Waals surface area contributed by atoms with Crippen LogP contribution >= 0.6 is 0 Å². The van der Waals surface area contributed by atoms with Crippen molar-refractivity contribution < 1.29 is 0 Å². The van der Waals surface area contributed by atoms with Crippen LogP contribution in [-0.2, 0) is 6.54 Å². The predicted octanol–water partition coefficient (Wildman–Crippen LogP) is 1.28. The monoisotopic (exact) mass is 210 g/mol. The van der Waals surface area contributed by atoms with Crippen molar-refractivity contribution in [1.29, 1.82) is 0 Å². The first-order chi connectivity index (χ1) is 7.08. The van der Waals surface area contributed by atoms with Crippen LogP contribution in [0.5, 0.6) is 0 Å². The Morgan fingerprint density at radius 2 is 2.13 bits per heavy atom. The Morgan fingerprint density at radius 1 is 1.33 bits per heavy atom. The first kappa shape index (κ1) is 12.2. The van der Waals surface area contributed by atoms with Crippen LogP contribution in [0.25, 0.3) is 0 Å². The van der Waals surface area contributed by atoms with Crippen molar-refractivity contribution in [2.24, 2.45) is 0 Å². The quantitative estimate of drug-likeness (QED) is 0.620. The lowest BCUT2D eigenvalue weighted by Crippen LogP contribution is -2.37. The van der Waals surface area contributed by atoms with Gasteiger partial charge in [-0.2, -0.15) is 5.10 Å². The summed E-state index contributed by atoms with van der Waals surface area (Å²) < 4.78 is 0. The Morgan fingerprint density at radius 3 is 2.73 bits per heavy atom. The minimum atomic E-state index is 0.226. The topological polar surface area (TPSA) is 52.7 Å². The molecule has 0 bridgehead atoms. The maximum absolute atomic E-state index is 3.89. The number of aromatic amines is 1. The largest absolute Gasteiger partial charge is 0.312 e. The van der Waals surface area contributed by atoms with Gasteiger partial charge >= 0.3 is 0 Å². The zero-order valence-corrected chi connectivity index (χ0v) is 9.93. The van der Waals surface area contributed by atoms with Crippen molar-refractivity contribution >= 4 is 0 Å². The summed E-state index contributed by atoms with van der Waals surface area (Å²) in [7, 11) is 0. The number of nitrogens with one attached hydrogen (secondary N) is 3. The van der Waals surface area contributed by atoms with Crippen LogP contribution < -0.4 is 10.6 Å². The average Bonchev–Trinajstić information content (AvgIpc) is 2.61. The van der Waals surface area contributed by atoms with E-state index in [0.717, 1.165) is 31.7 Å². The van der Waals surface area contributed by atoms with Crippen molar-refractivity contribution in [3.63, 3.8) is 0 Å². The fraction of sp³-hybridized carbons (Fsp3) is 0.727. The SMILES string of the molecule is CC(C)(C)NCCCNCc1ccn[nH]1. The number of hydrogen-bond donors (Lipinski definition) is 3. The van der Waals surface area contributed by atoms with Gasteiger partial charge in [0.1, 0.15) is 0 Å². The summed E-state index contributed by atoms with van der Waals surface area (Å²) in [6.45, 7) is 9.51. The van der Waals surface area contributed by atoms with E-state index >= 15 is 0 Å². The van der Waals surface area contributed by atoms with E-state index in [-0.39, 0.29) is 5.54 Å². The molecule has 1 heterocycles. The van der Waals surface area contributed by atoms with Gasteiger partial charge in [0.2, 0.25) is 0 Å². The third-order valence-electron chi connectivity index (χ3n) is 2.06. The van der Waals surface area contributed by atoms with Gasteiger partial charge in [0.05, 0.1) is 0 Å². The fourth-order valence-corrected chi connectivity index (χ4v) is 1.28. The van der Waals surface area contributed by atoms with Crippen molar-refractivity contribution in [2.45, 2.75) is 39.3 Å². The van der Waals surface area contributed by atoms with Gasteiger partial charge in [-0.25, -0.2) is 0 Å². The van der Waals surface area contributed by atoms with Crippen molar-refractivity contribution in [3.8, 4) is 0 Å². The van der Waals surface area contributed by atoms with Crippen LogP contribution in [-0.4, -0.2) is 28.8 Å². The smallest absolute Gasteiger partial charge is 0.0490 e. The Kier molecular flexibility index (Phi) is 4.78. The molecule has 0 unspecified atom stereocenters. The molecule has 0 aliphatic heterocycles. The summed E-state index contributed by atoms with van der Waals surface area (Å²) in [6, 6.07) is 1.99. The number of hydrogen-bond acceptors (Lipinski definition) is 3. The summed E-state index contributed by atoms with van der Waals surface area (Å²) in [5.74, 6) is 0. The minimum Gasteiger partial charge on any atom is -0.312 e. The molecule has 0 saturated heterocycles. The summed E-state index contributed by atoms with van der Waals surface area (Å²) in [5, 5.41) is 13.6. The molecule has 0 aromatic carbocycles. The number of nitrogens with zero attached hydrogens (tertiary/aromatic N) is 1. The highest BCUT2D eigenvalue weighted by Crippen LogP contribution is 1.97. The molecule has 1 aromatic rings. The molecule has 0 atom stereocenters. The first-order valence-corrected chi connectivity index (χ1v) is 5.52. The molecule has 3 N–H and O–H groups in total. The molecule has 0 amide bonds. The van der Waals surface area contributed by atoms with E-state index in [1.54, 1.807) is 6.20 Å². The standard InChI is InChI=1S/C11H22N4/c1-11(2,3)13-7-4-6-12-9-10-5-8-14-15-10/h5,8,12-13H,4,6-7,9H2,1-3H3,(H,14,15). The van der Waals surface area contributed by atoms with Gasteiger partial charge in [-0.15, -0.1) is 0 Å². The molecule has 4 heteroatoms. The van der Waals surface area contributed by atoms with Crippen LogP contribution in [0.15, 0.2) is 12.3 Å². The maximum Gasteiger partial charge on any atom is 0.0490 e. The summed E-state index contributed by atoms with van der Waals surface area (Å²) in [6.07, 6.45) is 2.92. The first-order valence-electron chi connectivity index (χ1n) is 5.52. The molecular weight excluding hydrogens is 188 g/mol. The molecule has 0 aliphatic rings. The van der Waals surface area contributed by atoms with E-state index < -0.39 is 0 Å². The van der Waals surface area contributed by atoms with Crippen molar-refractivity contribution in [3.05, 3.63) is 18.0 Å². The average molecular weight is 210 g/mol. The fourth-order valence-electron chi connectivity index (χ4n) is 1.28. The molecule has 1 rings (SSSR count). The maximum atomic E-state index is 3.89. The highest BCUT2D eigenvalue weighted by molar-refractivity contribution is 4.96. The van der Waals surface area contributed by atoms with E-state index in [0.29, 0.717) is 0 Å². The lowest BCUT2D eigenvalue weighted by molar-refractivity contribution is 0.418. The van der Waals surface area contributed by atoms with Gasteiger partial charge in [-0.1, -0.05) is 0 Å². The highest BCUT2D eigenvalue weighted by Gasteiger charge is 2.06. The molecule has 4 nitrogen and oxygen atoms in total. The van der Waals surface area contributed by atoms with Crippen LogP contribution in [0.1, 0.15) is 32.9 Å². The van der Waals surface area contributed by atoms with Crippen LogP contribution in [0.3, 0.4) is 0 Å². The third-order valence-corrected chi connectivity index (χ3v) is 2.06. The van der Waals surface area contributed by atoms with Crippen LogP contribution in [0.2, 0.25) is 0 Å². The number of aromatic nitrogens is 2. The van der Waals surface area contributed by atoms with E-state index in [1.165, 1.54) is 0 Å². The second-order valence-corrected chi connectivity index (χ2v) is 4.79. The normalized spacial score (nSPS) is 11.9. The Balaban J connectivity index is 1.94. The molecule has 0 fully saturated rings. The highest BCUT2D eigenvalue weighted by atomic mass is 15.1. The van der Waals surface area contributed by atoms with E-state index in [2.05, 4.69) is 41.6 Å². The van der Waals surface area contributed by atoms with E-state index in [1.807, 2.05) is 6.07 Å². The lowest BCUT2D eigenvalue weighted by Gasteiger charge is -2.20. The van der Waals surface area contributed by atoms with Crippen molar-refractivity contribution in [1.82, 2.24) is 20.8 Å². The summed E-state index contributed by atoms with van der Waals surface area (Å²) in [5.41, 5.74) is 1.36. The Hall–Kier alpha value is -0.870. The van der Waals surface area contributed by atoms with Gasteiger partial charge < -0.3 is 10.6 Å². The second kappa shape index (κ2) is 5.88. The number of rotatable bonds is 6. The van der Waals surface area contributed by atoms with Crippen molar-refractivity contribution in [2.75, 3.05) is 13.1 Å². The molecule has 0 saturated carbocycles. The molecule has 1 aromatic heterocycles. The molecule has 0 radical (unpaired) electrons. The molecule has 15 heavy (non-hydrogen) atoms. The molecular formula is C11H22N4. The molecule has 0 spiro atoms. The minimum absolute atomic E-state index is 0.226. The van der Waals surface area contributed by atoms with Gasteiger partial charge in [0.15, 0.2) is 0 Å². The van der Waals surface area contributed by atoms with Gasteiger partial charge in [-0.3, -0.25) is 5.10 Å². The summed E-state index contributed by atoms with van der Waals surface area (Å²) in [4.78, 5) is 0. The van der Waals surface area contributed by atoms with E-state index in [4.69, 9.17) is 0 Å². The molecule has 0 aliphatic carbocycles. The Labute approximate surface area is 91.8 Å². The lowest BCUT2D eigenvalue weighted by atomic mass is 10.1. The Bertz CT molecular complexity index is 248. The second-order valence-electron chi connectivity index (χ2n) is 4.79. The zero-order valence-electron chi connectivity index (χ0n) is 9.93. The number of H-pyrrole nitrogens is 1. The predicted molar refractivity (Wildman–Crippen MR) is 62.7 cm³/mol. The van der Waals surface area contributed by atoms with Gasteiger partial charge in [0.25, 0.3) is 0 Å². The van der Waals surface area contributed by atoms with Crippen LogP contribution in [0.4, 0.5) is 0 Å². The third kappa shape index (κ3) is 6.25. The molecule has 86 valence electrons. The summed E-state index contributed by atoms with van der Waals surface area (Å²) >= 11 is 0. The van der Waals surface area contributed by atoms with Crippen LogP contribution in [0, 0.1) is 0 Å². The zero-order chi connectivity index (χ0) is 11.1. The van der Waals surface area contributed by atoms with Gasteiger partial charge in [-0.05, 0) is 46.3 Å². The van der Waals surface area contributed by atoms with Gasteiger partial charge in [0, 0.05) is 24.0 Å². The van der Waals surface area contributed by atoms with E-state index in [9.17, 15) is 0 Å².